The van der Waals surface area contributed by atoms with Crippen molar-refractivity contribution < 1.29 is 31.8 Å². The van der Waals surface area contributed by atoms with Gasteiger partial charge in [-0.1, -0.05) is 11.6 Å². The van der Waals surface area contributed by atoms with E-state index in [1.54, 1.807) is 0 Å². The number of hydrogen-bond acceptors (Lipinski definition) is 7. The molecule has 0 spiro atoms. The Hall–Kier alpha value is -2.89. The van der Waals surface area contributed by atoms with Crippen molar-refractivity contribution in [2.75, 3.05) is 18.9 Å². The molecule has 0 atom stereocenters. The molecular formula is C21H15BrClFN2O6S. The maximum Gasteiger partial charge on any atom is 0.338 e. The lowest BCUT2D eigenvalue weighted by molar-refractivity contribution is 0.0472. The van der Waals surface area contributed by atoms with Gasteiger partial charge in [0.2, 0.25) is 5.88 Å². The normalized spacial score (nSPS) is 14.5. The van der Waals surface area contributed by atoms with E-state index >= 15 is 0 Å². The van der Waals surface area contributed by atoms with E-state index < -0.39 is 26.8 Å². The van der Waals surface area contributed by atoms with E-state index in [0.29, 0.717) is 11.1 Å². The Labute approximate surface area is 201 Å². The molecule has 12 heteroatoms. The van der Waals surface area contributed by atoms with Crippen molar-refractivity contribution in [3.8, 4) is 22.8 Å². The standard InChI is InChI=1S/C21H15BrClFN2O6S/c1-30-18-7-13-10-4-15(24)19(23)16(5-10)26-33(28,29)17-6-11(3-14(22)20(17)31-2)21(27)32-9-12(13)8-25-18/h3-8,26H,9H2,1-2H3. The molecule has 0 aliphatic carbocycles. The fourth-order valence-corrected chi connectivity index (χ4v) is 5.53. The van der Waals surface area contributed by atoms with E-state index in [1.807, 2.05) is 0 Å². The lowest BCUT2D eigenvalue weighted by atomic mass is 10.0. The minimum absolute atomic E-state index is 0.0469. The Morgan fingerprint density at radius 1 is 1.15 bits per heavy atom. The van der Waals surface area contributed by atoms with Gasteiger partial charge in [0.25, 0.3) is 10.0 Å². The van der Waals surface area contributed by atoms with Crippen LogP contribution in [0.4, 0.5) is 10.1 Å². The molecule has 4 rings (SSSR count). The number of pyridine rings is 1. The summed E-state index contributed by atoms with van der Waals surface area (Å²) in [5.74, 6) is -1.48. The topological polar surface area (TPSA) is 104 Å². The Balaban J connectivity index is 2.02. The van der Waals surface area contributed by atoms with Gasteiger partial charge < -0.3 is 14.2 Å². The first-order valence-electron chi connectivity index (χ1n) is 9.24. The van der Waals surface area contributed by atoms with Gasteiger partial charge in [0.1, 0.15) is 22.3 Å². The van der Waals surface area contributed by atoms with Crippen LogP contribution in [0.3, 0.4) is 0 Å². The Morgan fingerprint density at radius 2 is 1.91 bits per heavy atom. The van der Waals surface area contributed by atoms with Gasteiger partial charge in [-0.2, -0.15) is 0 Å². The Bertz CT molecular complexity index is 1400. The minimum Gasteiger partial charge on any atom is -0.494 e. The van der Waals surface area contributed by atoms with Gasteiger partial charge >= 0.3 is 5.97 Å². The lowest BCUT2D eigenvalue weighted by Crippen LogP contribution is -2.16. The number of nitrogens with one attached hydrogen (secondary N) is 1. The molecule has 1 aliphatic rings. The highest BCUT2D eigenvalue weighted by atomic mass is 79.9. The number of carbonyl (C=O) groups is 1. The Morgan fingerprint density at radius 3 is 2.61 bits per heavy atom. The fraction of sp³-hybridized carbons (Fsp3) is 0.143. The quantitative estimate of drug-likeness (QED) is 0.452. The van der Waals surface area contributed by atoms with Crippen LogP contribution in [0.5, 0.6) is 11.6 Å². The smallest absolute Gasteiger partial charge is 0.338 e. The summed E-state index contributed by atoms with van der Waals surface area (Å²) < 4.78 is 59.5. The molecular weight excluding hydrogens is 543 g/mol. The number of benzene rings is 2. The number of fused-ring (bicyclic) bond motifs is 6. The minimum atomic E-state index is -4.38. The third-order valence-corrected chi connectivity index (χ3v) is 7.20. The maximum atomic E-state index is 14.8. The molecule has 2 heterocycles. The van der Waals surface area contributed by atoms with Crippen LogP contribution in [-0.4, -0.2) is 33.6 Å². The van der Waals surface area contributed by atoms with Crippen LogP contribution in [0.1, 0.15) is 15.9 Å². The predicted molar refractivity (Wildman–Crippen MR) is 122 cm³/mol. The van der Waals surface area contributed by atoms with E-state index in [1.165, 1.54) is 38.6 Å². The second kappa shape index (κ2) is 8.81. The zero-order chi connectivity index (χ0) is 23.9. The molecule has 1 N–H and O–H groups in total. The van der Waals surface area contributed by atoms with Crippen LogP contribution in [0.25, 0.3) is 11.1 Å². The first kappa shape index (κ1) is 23.3. The van der Waals surface area contributed by atoms with E-state index in [4.69, 9.17) is 25.8 Å². The molecule has 0 saturated carbocycles. The van der Waals surface area contributed by atoms with Gasteiger partial charge in [0, 0.05) is 17.8 Å². The monoisotopic (exact) mass is 556 g/mol. The number of carbonyl (C=O) groups excluding carboxylic acids is 1. The van der Waals surface area contributed by atoms with Gasteiger partial charge in [0.15, 0.2) is 5.75 Å². The Kier molecular flexibility index (Phi) is 6.21. The SMILES string of the molecule is COc1cc2c(cn1)COC(=O)c1cc(Br)c(OC)c(c1)S(=O)(=O)Nc1cc-2cc(F)c1Cl. The first-order valence-corrected chi connectivity index (χ1v) is 11.9. The van der Waals surface area contributed by atoms with E-state index in [2.05, 4.69) is 25.6 Å². The number of cyclic esters (lactones) is 1. The summed E-state index contributed by atoms with van der Waals surface area (Å²) >= 11 is 9.31. The number of hydrogen-bond donors (Lipinski definition) is 1. The van der Waals surface area contributed by atoms with Crippen LogP contribution >= 0.6 is 27.5 Å². The molecule has 0 radical (unpaired) electrons. The van der Waals surface area contributed by atoms with Crippen molar-refractivity contribution in [1.82, 2.24) is 4.98 Å². The van der Waals surface area contributed by atoms with Crippen molar-refractivity contribution in [1.29, 1.82) is 0 Å². The van der Waals surface area contributed by atoms with Gasteiger partial charge in [0.05, 0.1) is 29.9 Å². The molecule has 0 amide bonds. The number of sulfonamides is 1. The number of nitrogens with zero attached hydrogens (tertiary/aromatic N) is 1. The van der Waals surface area contributed by atoms with Crippen LogP contribution in [-0.2, 0) is 21.4 Å². The number of aromatic nitrogens is 1. The highest BCUT2D eigenvalue weighted by Gasteiger charge is 2.27. The summed E-state index contributed by atoms with van der Waals surface area (Å²) in [7, 11) is -1.69. The summed E-state index contributed by atoms with van der Waals surface area (Å²) in [5, 5.41) is -0.429. The van der Waals surface area contributed by atoms with E-state index in [9.17, 15) is 17.6 Å². The highest BCUT2D eigenvalue weighted by molar-refractivity contribution is 9.10. The molecule has 1 aliphatic heterocycles. The molecule has 0 unspecified atom stereocenters. The van der Waals surface area contributed by atoms with Crippen LogP contribution in [0, 0.1) is 5.82 Å². The van der Waals surface area contributed by atoms with Crippen molar-refractivity contribution in [3.63, 3.8) is 0 Å². The molecule has 33 heavy (non-hydrogen) atoms. The second-order valence-electron chi connectivity index (χ2n) is 6.87. The number of halogens is 3. The fourth-order valence-electron chi connectivity index (χ4n) is 3.29. The molecule has 0 fully saturated rings. The number of methoxy groups -OCH3 is 2. The molecule has 8 nitrogen and oxygen atoms in total. The average molecular weight is 558 g/mol. The number of ether oxygens (including phenoxy) is 3. The third kappa shape index (κ3) is 4.35. The molecule has 2 aromatic carbocycles. The first-order chi connectivity index (χ1) is 15.6. The summed E-state index contributed by atoms with van der Waals surface area (Å²) in [5.41, 5.74) is 0.861. The third-order valence-electron chi connectivity index (χ3n) is 4.85. The highest BCUT2D eigenvalue weighted by Crippen LogP contribution is 2.39. The zero-order valence-corrected chi connectivity index (χ0v) is 20.3. The molecule has 172 valence electrons. The largest absolute Gasteiger partial charge is 0.494 e. The van der Waals surface area contributed by atoms with E-state index in [0.717, 1.165) is 12.1 Å². The van der Waals surface area contributed by atoms with Crippen LogP contribution < -0.4 is 14.2 Å². The van der Waals surface area contributed by atoms with Crippen molar-refractivity contribution >= 4 is 49.2 Å². The molecule has 3 aromatic rings. The summed E-state index contributed by atoms with van der Waals surface area (Å²) in [6.07, 6.45) is 1.42. The molecule has 0 saturated heterocycles. The van der Waals surface area contributed by atoms with E-state index in [-0.39, 0.29) is 44.4 Å². The van der Waals surface area contributed by atoms with Crippen molar-refractivity contribution in [3.05, 3.63) is 63.0 Å². The van der Waals surface area contributed by atoms with Crippen molar-refractivity contribution in [2.45, 2.75) is 11.5 Å². The van der Waals surface area contributed by atoms with Crippen LogP contribution in [0.15, 0.2) is 45.9 Å². The van der Waals surface area contributed by atoms with Gasteiger partial charge in [-0.15, -0.1) is 0 Å². The summed E-state index contributed by atoms with van der Waals surface area (Å²) in [6.45, 7) is -0.218. The van der Waals surface area contributed by atoms with Crippen molar-refractivity contribution in [2.24, 2.45) is 0 Å². The average Bonchev–Trinajstić information content (AvgIpc) is 2.79. The number of rotatable bonds is 2. The second-order valence-corrected chi connectivity index (χ2v) is 9.76. The molecule has 1 aromatic heterocycles. The van der Waals surface area contributed by atoms with Gasteiger partial charge in [-0.25, -0.2) is 22.6 Å². The molecule has 4 bridgehead atoms. The maximum absolute atomic E-state index is 14.8. The summed E-state index contributed by atoms with van der Waals surface area (Å²) in [4.78, 5) is 16.5. The summed E-state index contributed by atoms with van der Waals surface area (Å²) in [6, 6.07) is 6.50. The van der Waals surface area contributed by atoms with Gasteiger partial charge in [-0.3, -0.25) is 4.72 Å². The number of anilines is 1. The van der Waals surface area contributed by atoms with Crippen LogP contribution in [0.2, 0.25) is 5.02 Å². The number of esters is 1. The zero-order valence-electron chi connectivity index (χ0n) is 17.1. The van der Waals surface area contributed by atoms with Gasteiger partial charge in [-0.05, 0) is 51.3 Å². The predicted octanol–water partition coefficient (Wildman–Crippen LogP) is 4.79. The lowest BCUT2D eigenvalue weighted by Gasteiger charge is -2.16.